The van der Waals surface area contributed by atoms with E-state index in [1.54, 1.807) is 0 Å². The number of para-hydroxylation sites is 2. The fourth-order valence-corrected chi connectivity index (χ4v) is 16.2. The van der Waals surface area contributed by atoms with Crippen molar-refractivity contribution in [2.75, 3.05) is 29.4 Å². The van der Waals surface area contributed by atoms with E-state index in [0.717, 1.165) is 125 Å². The molecule has 0 saturated carbocycles. The zero-order valence-corrected chi connectivity index (χ0v) is 72.7. The number of anilines is 18. The zero-order chi connectivity index (χ0) is 86.2. The maximum Gasteiger partial charge on any atom is 0.0464 e. The molecule has 18 aromatic rings. The average molecular weight is 1630 g/mol. The van der Waals surface area contributed by atoms with E-state index in [1.807, 2.05) is 0 Å². The highest BCUT2D eigenvalue weighted by Crippen LogP contribution is 2.45. The molecule has 0 heterocycles. The van der Waals surface area contributed by atoms with Crippen LogP contribution in [0.25, 0.3) is 46.6 Å². The van der Waals surface area contributed by atoms with Crippen molar-refractivity contribution < 1.29 is 0 Å². The summed E-state index contributed by atoms with van der Waals surface area (Å²) in [6, 6.07) is 162. The number of benzene rings is 18. The van der Waals surface area contributed by atoms with Crippen LogP contribution < -0.4 is 29.4 Å². The summed E-state index contributed by atoms with van der Waals surface area (Å²) in [5, 5.41) is 0. The quantitative estimate of drug-likeness (QED) is 0.0558. The van der Waals surface area contributed by atoms with E-state index >= 15 is 0 Å². The summed E-state index contributed by atoms with van der Waals surface area (Å²) in [7, 11) is 0. The topological polar surface area (TPSA) is 19.4 Å². The lowest BCUT2D eigenvalue weighted by atomic mass is 10.0. The van der Waals surface area contributed by atoms with Crippen LogP contribution in [-0.2, 0) is 0 Å². The Morgan fingerprint density at radius 1 is 0.119 bits per heavy atom. The molecule has 0 spiro atoms. The second-order valence-corrected chi connectivity index (χ2v) is 32.6. The second-order valence-electron chi connectivity index (χ2n) is 32.6. The van der Waals surface area contributed by atoms with Gasteiger partial charge in [-0.05, 0) is 341 Å². The van der Waals surface area contributed by atoms with Crippen molar-refractivity contribution in [3.63, 3.8) is 0 Å². The summed E-state index contributed by atoms with van der Waals surface area (Å²) in [6.07, 6.45) is 8.72. The molecule has 0 aliphatic carbocycles. The molecule has 18 aromatic carbocycles. The molecule has 0 aliphatic rings. The van der Waals surface area contributed by atoms with Gasteiger partial charge in [0.15, 0.2) is 0 Å². The van der Waals surface area contributed by atoms with E-state index in [4.69, 9.17) is 0 Å². The largest absolute Gasteiger partial charge is 0.311 e. The normalized spacial score (nSPS) is 11.1. The number of hydrogen-bond donors (Lipinski definition) is 0. The number of aryl methyl sites for hydroxylation is 8. The van der Waals surface area contributed by atoms with E-state index in [2.05, 4.69) is 558 Å². The summed E-state index contributed by atoms with van der Waals surface area (Å²) < 4.78 is 0. The van der Waals surface area contributed by atoms with Gasteiger partial charge >= 0.3 is 0 Å². The first-order chi connectivity index (χ1) is 61.7. The molecule has 0 aliphatic heterocycles. The maximum absolute atomic E-state index is 2.33. The van der Waals surface area contributed by atoms with Crippen LogP contribution in [0.2, 0.25) is 0 Å². The third-order valence-corrected chi connectivity index (χ3v) is 22.9. The van der Waals surface area contributed by atoms with Gasteiger partial charge in [-0.3, -0.25) is 0 Å². The van der Waals surface area contributed by atoms with E-state index in [0.29, 0.717) is 0 Å². The van der Waals surface area contributed by atoms with Gasteiger partial charge in [0.1, 0.15) is 0 Å². The highest BCUT2D eigenvalue weighted by molar-refractivity contribution is 5.87. The van der Waals surface area contributed by atoms with Crippen LogP contribution in [0.1, 0.15) is 66.8 Å². The molecule has 6 nitrogen and oxygen atoms in total. The molecule has 0 atom stereocenters. The predicted octanol–water partition coefficient (Wildman–Crippen LogP) is 34.3. The lowest BCUT2D eigenvalue weighted by molar-refractivity contribution is 1.24. The van der Waals surface area contributed by atoms with Crippen LogP contribution in [0.5, 0.6) is 0 Å². The molecule has 0 amide bonds. The van der Waals surface area contributed by atoms with Gasteiger partial charge in [-0.25, -0.2) is 0 Å². The van der Waals surface area contributed by atoms with Crippen LogP contribution in [0.15, 0.2) is 449 Å². The first-order valence-corrected chi connectivity index (χ1v) is 43.3. The Bertz CT molecular complexity index is 6100. The smallest absolute Gasteiger partial charge is 0.0464 e. The Balaban J connectivity index is 0.000000180. The second kappa shape index (κ2) is 38.5. The van der Waals surface area contributed by atoms with Gasteiger partial charge in [0, 0.05) is 102 Å². The van der Waals surface area contributed by atoms with Crippen molar-refractivity contribution in [3.05, 3.63) is 516 Å². The molecular weight excluding hydrogens is 1530 g/mol. The highest BCUT2D eigenvalue weighted by Gasteiger charge is 2.22. The molecule has 126 heavy (non-hydrogen) atoms. The SMILES string of the molecule is Cc1ccc(N(c2ccc(C)cc2)c2ccc(/C=C/c3ccc(-c4ccc(/C=C/c5ccc(N(c6ccc(C)cc6)c6ccc(C)cc6)cc5)cc4)cc3)cc2)cc1.Cc1cccc(N(c2ccc(N(c3ccccc3)c3ccc(-c4ccc(N(c5ccccc5)c5ccc(N(c6cccc(C)c6)c6cccc(C)c6)cc5)cc4)cc3)cc2)c2cccc(C)c2)c1. The van der Waals surface area contributed by atoms with Gasteiger partial charge in [0.2, 0.25) is 0 Å². The predicted molar refractivity (Wildman–Crippen MR) is 540 cm³/mol. The molecular formula is C120H102N6. The Morgan fingerprint density at radius 3 is 0.460 bits per heavy atom. The van der Waals surface area contributed by atoms with Crippen LogP contribution in [0.4, 0.5) is 102 Å². The minimum Gasteiger partial charge on any atom is -0.311 e. The Morgan fingerprint density at radius 2 is 0.262 bits per heavy atom. The summed E-state index contributed by atoms with van der Waals surface area (Å²) >= 11 is 0. The number of rotatable bonds is 24. The van der Waals surface area contributed by atoms with Crippen LogP contribution in [0, 0.1) is 55.4 Å². The molecule has 612 valence electrons. The van der Waals surface area contributed by atoms with E-state index in [9.17, 15) is 0 Å². The lowest BCUT2D eigenvalue weighted by Gasteiger charge is -2.29. The van der Waals surface area contributed by atoms with Crippen molar-refractivity contribution >= 4 is 127 Å². The van der Waals surface area contributed by atoms with Crippen LogP contribution in [0.3, 0.4) is 0 Å². The van der Waals surface area contributed by atoms with Gasteiger partial charge in [-0.15, -0.1) is 0 Å². The molecule has 0 fully saturated rings. The molecule has 6 heteroatoms. The van der Waals surface area contributed by atoms with Gasteiger partial charge < -0.3 is 29.4 Å². The van der Waals surface area contributed by atoms with Gasteiger partial charge in [0.25, 0.3) is 0 Å². The third-order valence-electron chi connectivity index (χ3n) is 22.9. The van der Waals surface area contributed by atoms with E-state index < -0.39 is 0 Å². The number of hydrogen-bond acceptors (Lipinski definition) is 6. The van der Waals surface area contributed by atoms with Gasteiger partial charge in [-0.1, -0.05) is 277 Å². The Kier molecular flexibility index (Phi) is 25.2. The lowest BCUT2D eigenvalue weighted by Crippen LogP contribution is -2.12. The minimum atomic E-state index is 1.08. The summed E-state index contributed by atoms with van der Waals surface area (Å²) in [6.45, 7) is 17.1. The molecule has 0 aromatic heterocycles. The summed E-state index contributed by atoms with van der Waals surface area (Å²) in [5.74, 6) is 0. The van der Waals surface area contributed by atoms with Crippen molar-refractivity contribution in [3.8, 4) is 22.3 Å². The molecule has 0 bridgehead atoms. The molecule has 0 unspecified atom stereocenters. The monoisotopic (exact) mass is 1630 g/mol. The molecule has 18 rings (SSSR count). The van der Waals surface area contributed by atoms with Gasteiger partial charge in [0.05, 0.1) is 0 Å². The van der Waals surface area contributed by atoms with Crippen LogP contribution in [-0.4, -0.2) is 0 Å². The molecule has 0 radical (unpaired) electrons. The van der Waals surface area contributed by atoms with E-state index in [1.165, 1.54) is 66.8 Å². The summed E-state index contributed by atoms with van der Waals surface area (Å²) in [5.41, 5.74) is 39.3. The van der Waals surface area contributed by atoms with Crippen molar-refractivity contribution in [2.45, 2.75) is 55.4 Å². The standard InChI is InChI=1S/C64H54N4.C56H48N2/c1-47-15-11-23-61(43-47)67(62-24-12-16-48(2)44-62)59-39-35-57(36-40-59)65(53-19-7-5-8-20-53)55-31-27-51(28-32-55)52-29-33-56(34-30-52)66(54-21-9-6-10-22-54)58-37-41-60(42-38-58)68(63-25-13-17-49(3)45-63)64-26-14-18-50(4)46-64;1-41-5-29-51(30-6-41)57(52-31-7-42(2)8-32-52)55-37-21-47(22-38-55)15-13-45-17-25-49(26-18-45)50-27-19-46(20-28-50)14-16-48-23-39-56(40-24-48)58(53-33-9-43(3)10-34-53)54-35-11-44(4)12-36-54/h5-46H,1-4H3;5-40H,1-4H3/b;15-13+,16-14+. The fourth-order valence-electron chi connectivity index (χ4n) is 16.2. The van der Waals surface area contributed by atoms with Crippen molar-refractivity contribution in [2.24, 2.45) is 0 Å². The first-order valence-electron chi connectivity index (χ1n) is 43.3. The molecule has 0 saturated heterocycles. The fraction of sp³-hybridized carbons (Fsp3) is 0.0667. The minimum absolute atomic E-state index is 1.08. The van der Waals surface area contributed by atoms with E-state index in [-0.39, 0.29) is 0 Å². The van der Waals surface area contributed by atoms with Crippen LogP contribution >= 0.6 is 0 Å². The van der Waals surface area contributed by atoms with Crippen molar-refractivity contribution in [1.29, 1.82) is 0 Å². The summed E-state index contributed by atoms with van der Waals surface area (Å²) in [4.78, 5) is 13.9. The average Bonchev–Trinajstić information content (AvgIpc) is 0.796. The highest BCUT2D eigenvalue weighted by atomic mass is 15.2. The maximum atomic E-state index is 2.33. The first kappa shape index (κ1) is 82.5. The van der Waals surface area contributed by atoms with Gasteiger partial charge in [-0.2, -0.15) is 0 Å². The van der Waals surface area contributed by atoms with Crippen molar-refractivity contribution in [1.82, 2.24) is 0 Å². The zero-order valence-electron chi connectivity index (χ0n) is 72.7. The third kappa shape index (κ3) is 19.9. The Labute approximate surface area is 744 Å². The number of nitrogens with zero attached hydrogens (tertiary/aromatic N) is 6. The Hall–Kier alpha value is -15.8. The molecule has 0 N–H and O–H groups in total.